The van der Waals surface area contributed by atoms with E-state index in [1.807, 2.05) is 0 Å². The number of aliphatic carboxylic acids is 1. The molecule has 0 spiro atoms. The maximum absolute atomic E-state index is 13.7. The Morgan fingerprint density at radius 3 is 1.67 bits per heavy atom. The van der Waals surface area contributed by atoms with Crippen LogP contribution in [0.1, 0.15) is 22.5 Å². The van der Waals surface area contributed by atoms with Gasteiger partial charge in [-0.05, 0) is 41.0 Å². The van der Waals surface area contributed by atoms with Crippen LogP contribution in [0, 0.1) is 0 Å². The van der Waals surface area contributed by atoms with E-state index in [0.29, 0.717) is 16.7 Å². The number of hydrogen-bond donors (Lipinski definition) is 7. The normalized spacial score (nSPS) is 12.6. The van der Waals surface area contributed by atoms with Gasteiger partial charge >= 0.3 is 12.1 Å². The summed E-state index contributed by atoms with van der Waals surface area (Å²) in [5, 5.41) is 46.0. The number of amides is 3. The molecule has 0 aliphatic heterocycles. The van der Waals surface area contributed by atoms with Gasteiger partial charge in [-0.15, -0.1) is 0 Å². The zero-order valence-electron chi connectivity index (χ0n) is 25.4. The van der Waals surface area contributed by atoms with Crippen molar-refractivity contribution in [3.63, 3.8) is 0 Å². The lowest BCUT2D eigenvalue weighted by atomic mass is 10.0. The highest BCUT2D eigenvalue weighted by atomic mass is 16.6. The molecular weight excluding hydrogens is 626 g/mol. The number of nitrogens with one attached hydrogen (secondary N) is 3. The van der Waals surface area contributed by atoms with Crippen LogP contribution in [0.25, 0.3) is 0 Å². The van der Waals surface area contributed by atoms with Crippen molar-refractivity contribution in [2.75, 3.05) is 0 Å². The second-order valence-electron chi connectivity index (χ2n) is 10.8. The minimum atomic E-state index is -1.39. The van der Waals surface area contributed by atoms with E-state index in [1.165, 1.54) is 48.5 Å². The summed E-state index contributed by atoms with van der Waals surface area (Å²) in [6.45, 7) is -0.496. The molecule has 3 aromatic carbocycles. The SMILES string of the molecule is O=C(N[C@@H](Cc1ccccc1)C(=O)N[C@@H](Cc1ccc(O)cc1)C(=O)N[C@@H](Cc1ccc(O)cc1)C(=O)O)OCc1cc(=O)c(O)co1. The summed E-state index contributed by atoms with van der Waals surface area (Å²) in [5.41, 5.74) is 0.965. The quantitative estimate of drug-likeness (QED) is 0.104. The molecule has 3 amide bonds. The average Bonchev–Trinajstić information content (AvgIpc) is 3.06. The Balaban J connectivity index is 1.53. The lowest BCUT2D eigenvalue weighted by Gasteiger charge is -2.25. The van der Waals surface area contributed by atoms with Crippen LogP contribution in [-0.4, -0.2) is 62.4 Å². The lowest BCUT2D eigenvalue weighted by molar-refractivity contribution is -0.142. The Morgan fingerprint density at radius 2 is 1.15 bits per heavy atom. The van der Waals surface area contributed by atoms with Gasteiger partial charge in [0.1, 0.15) is 41.6 Å². The average molecular weight is 660 g/mol. The van der Waals surface area contributed by atoms with E-state index in [9.17, 15) is 44.4 Å². The van der Waals surface area contributed by atoms with Crippen LogP contribution in [0.5, 0.6) is 17.2 Å². The number of carbonyl (C=O) groups excluding carboxylic acids is 3. The van der Waals surface area contributed by atoms with E-state index in [2.05, 4.69) is 16.0 Å². The van der Waals surface area contributed by atoms with Crippen LogP contribution in [0.4, 0.5) is 4.79 Å². The first-order valence-corrected chi connectivity index (χ1v) is 14.6. The number of phenolic OH excluding ortho intramolecular Hbond substituents is 2. The van der Waals surface area contributed by atoms with Gasteiger partial charge in [0, 0.05) is 25.3 Å². The van der Waals surface area contributed by atoms with Crippen molar-refractivity contribution in [2.24, 2.45) is 0 Å². The van der Waals surface area contributed by atoms with E-state index in [4.69, 9.17) is 9.15 Å². The molecule has 14 nitrogen and oxygen atoms in total. The van der Waals surface area contributed by atoms with Gasteiger partial charge in [-0.1, -0.05) is 54.6 Å². The van der Waals surface area contributed by atoms with Crippen molar-refractivity contribution >= 4 is 23.9 Å². The molecule has 7 N–H and O–H groups in total. The highest BCUT2D eigenvalue weighted by Crippen LogP contribution is 2.14. The summed E-state index contributed by atoms with van der Waals surface area (Å²) in [7, 11) is 0. The first-order chi connectivity index (χ1) is 23.0. The number of carboxylic acid groups (broad SMARTS) is 1. The number of aromatic hydroxyl groups is 3. The van der Waals surface area contributed by atoms with Crippen molar-refractivity contribution in [1.29, 1.82) is 0 Å². The van der Waals surface area contributed by atoms with Gasteiger partial charge in [-0.25, -0.2) is 9.59 Å². The number of carboxylic acids is 1. The third-order valence-corrected chi connectivity index (χ3v) is 7.10. The van der Waals surface area contributed by atoms with Gasteiger partial charge in [-0.2, -0.15) is 0 Å². The molecule has 1 heterocycles. The van der Waals surface area contributed by atoms with Crippen LogP contribution < -0.4 is 21.4 Å². The van der Waals surface area contributed by atoms with Gasteiger partial charge in [0.25, 0.3) is 0 Å². The Kier molecular flexibility index (Phi) is 11.7. The minimum Gasteiger partial charge on any atom is -0.508 e. The van der Waals surface area contributed by atoms with Gasteiger partial charge in [0.05, 0.1) is 0 Å². The molecule has 4 aromatic rings. The zero-order valence-corrected chi connectivity index (χ0v) is 25.4. The number of phenols is 2. The summed E-state index contributed by atoms with van der Waals surface area (Å²) in [4.78, 5) is 63.8. The molecule has 4 rings (SSSR count). The number of hydrogen-bond acceptors (Lipinski definition) is 10. The van der Waals surface area contributed by atoms with Crippen molar-refractivity contribution in [3.8, 4) is 17.2 Å². The molecule has 0 saturated carbocycles. The molecule has 0 fully saturated rings. The first-order valence-electron chi connectivity index (χ1n) is 14.6. The molecule has 0 unspecified atom stereocenters. The summed E-state index contributed by atoms with van der Waals surface area (Å²) in [6, 6.07) is 17.3. The predicted octanol–water partition coefficient (Wildman–Crippen LogP) is 2.13. The summed E-state index contributed by atoms with van der Waals surface area (Å²) in [6.07, 6.45) is -0.509. The van der Waals surface area contributed by atoms with Gasteiger partial charge in [0.2, 0.25) is 17.2 Å². The number of benzene rings is 3. The van der Waals surface area contributed by atoms with Crippen LogP contribution in [-0.2, 0) is 45.0 Å². The number of carbonyl (C=O) groups is 4. The lowest BCUT2D eigenvalue weighted by Crippen LogP contribution is -2.57. The summed E-state index contributed by atoms with van der Waals surface area (Å²) in [5.74, 6) is -3.68. The Bertz CT molecular complexity index is 1780. The third kappa shape index (κ3) is 10.4. The smallest absolute Gasteiger partial charge is 0.408 e. The fraction of sp³-hybridized carbons (Fsp3) is 0.206. The van der Waals surface area contributed by atoms with E-state index < -0.39 is 59.8 Å². The minimum absolute atomic E-state index is 0.0131. The highest BCUT2D eigenvalue weighted by Gasteiger charge is 2.30. The molecule has 1 aromatic heterocycles. The Morgan fingerprint density at radius 1 is 0.667 bits per heavy atom. The highest BCUT2D eigenvalue weighted by molar-refractivity contribution is 5.93. The maximum atomic E-state index is 13.7. The van der Waals surface area contributed by atoms with E-state index in [-0.39, 0.29) is 36.5 Å². The predicted molar refractivity (Wildman–Crippen MR) is 169 cm³/mol. The number of alkyl carbamates (subject to hydrolysis) is 1. The van der Waals surface area contributed by atoms with E-state index in [1.54, 1.807) is 30.3 Å². The van der Waals surface area contributed by atoms with Gasteiger partial charge in [0.15, 0.2) is 12.4 Å². The van der Waals surface area contributed by atoms with E-state index >= 15 is 0 Å². The maximum Gasteiger partial charge on any atom is 0.408 e. The van der Waals surface area contributed by atoms with Crippen LogP contribution >= 0.6 is 0 Å². The first kappa shape index (κ1) is 34.6. The topological polar surface area (TPSA) is 225 Å². The number of rotatable bonds is 14. The molecule has 0 radical (unpaired) electrons. The summed E-state index contributed by atoms with van der Waals surface area (Å²) >= 11 is 0. The van der Waals surface area contributed by atoms with Crippen molar-refractivity contribution in [3.05, 3.63) is 124 Å². The second kappa shape index (κ2) is 16.3. The fourth-order valence-electron chi connectivity index (χ4n) is 4.59. The molecule has 0 bridgehead atoms. The van der Waals surface area contributed by atoms with Crippen molar-refractivity contribution in [2.45, 2.75) is 44.0 Å². The van der Waals surface area contributed by atoms with Crippen molar-refractivity contribution in [1.82, 2.24) is 16.0 Å². The fourth-order valence-corrected chi connectivity index (χ4v) is 4.59. The molecule has 3 atom stereocenters. The van der Waals surface area contributed by atoms with E-state index in [0.717, 1.165) is 12.3 Å². The van der Waals surface area contributed by atoms with Crippen LogP contribution in [0.3, 0.4) is 0 Å². The molecule has 0 aliphatic carbocycles. The Hall–Kier alpha value is -6.31. The second-order valence-corrected chi connectivity index (χ2v) is 10.8. The Labute approximate surface area is 273 Å². The molecule has 0 aliphatic rings. The van der Waals surface area contributed by atoms with Crippen molar-refractivity contribution < 1.29 is 48.8 Å². The standard InChI is InChI=1S/C34H33N3O11/c38-23-10-6-21(7-11-23)15-26(31(42)36-28(33(44)45)16-22-8-12-24(39)13-9-22)35-32(43)27(14-20-4-2-1-3-5-20)37-34(46)48-18-25-17-29(40)30(41)19-47-25/h1-13,17,19,26-28,38-39,41H,14-16,18H2,(H,35,43)(H,36,42)(H,37,46)(H,44,45)/t26-,27-,28-/m0/s1. The molecular formula is C34H33N3O11. The molecule has 48 heavy (non-hydrogen) atoms. The third-order valence-electron chi connectivity index (χ3n) is 7.10. The zero-order chi connectivity index (χ0) is 34.6. The van der Waals surface area contributed by atoms with Gasteiger partial charge in [-0.3, -0.25) is 14.4 Å². The van der Waals surface area contributed by atoms with Crippen LogP contribution in [0.2, 0.25) is 0 Å². The monoisotopic (exact) mass is 659 g/mol. The largest absolute Gasteiger partial charge is 0.508 e. The molecule has 14 heteroatoms. The van der Waals surface area contributed by atoms with Gasteiger partial charge < -0.3 is 45.5 Å². The number of ether oxygens (including phenoxy) is 1. The molecule has 250 valence electrons. The summed E-state index contributed by atoms with van der Waals surface area (Å²) < 4.78 is 10.1. The van der Waals surface area contributed by atoms with Crippen LogP contribution in [0.15, 0.2) is 100 Å². The molecule has 0 saturated heterocycles.